The van der Waals surface area contributed by atoms with Crippen molar-refractivity contribution in [1.82, 2.24) is 9.62 Å². The summed E-state index contributed by atoms with van der Waals surface area (Å²) in [6.45, 7) is 10.4. The quantitative estimate of drug-likeness (QED) is 0.706. The number of ether oxygens (including phenoxy) is 2. The Bertz CT molecular complexity index is 769. The lowest BCUT2D eigenvalue weighted by atomic mass is 10.0. The Morgan fingerprint density at radius 1 is 1.29 bits per heavy atom. The molecule has 1 amide bonds. The molecule has 1 heterocycles. The van der Waals surface area contributed by atoms with Gasteiger partial charge in [0.1, 0.15) is 5.75 Å². The number of morpholine rings is 1. The molecule has 1 saturated heterocycles. The Kier molecular flexibility index (Phi) is 7.86. The standard InChI is InChI=1S/C20H32N2O5S/c1-14(2)18-7-6-15(3)10-19(18)26-13-20(23)21-8-9-28(24,25)22-11-16(4)27-17(5)12-22/h6-7,10,14,16-17H,8-9,11-13H2,1-5H3,(H,21,23). The highest BCUT2D eigenvalue weighted by molar-refractivity contribution is 7.89. The van der Waals surface area contributed by atoms with E-state index in [1.54, 1.807) is 0 Å². The number of aryl methyl sites for hydroxylation is 1. The SMILES string of the molecule is Cc1ccc(C(C)C)c(OCC(=O)NCCS(=O)(=O)N2CC(C)OC(C)C2)c1. The summed E-state index contributed by atoms with van der Waals surface area (Å²) in [7, 11) is -3.44. The predicted molar refractivity (Wildman–Crippen MR) is 109 cm³/mol. The van der Waals surface area contributed by atoms with E-state index in [2.05, 4.69) is 19.2 Å². The molecule has 1 aliphatic heterocycles. The maximum absolute atomic E-state index is 12.5. The second kappa shape index (κ2) is 9.71. The molecule has 1 aliphatic rings. The number of carbonyl (C=O) groups is 1. The third-order valence-corrected chi connectivity index (χ3v) is 6.42. The largest absolute Gasteiger partial charge is 0.483 e. The van der Waals surface area contributed by atoms with E-state index < -0.39 is 10.0 Å². The fourth-order valence-corrected chi connectivity index (χ4v) is 4.74. The van der Waals surface area contributed by atoms with E-state index in [0.717, 1.165) is 11.1 Å². The average molecular weight is 413 g/mol. The van der Waals surface area contributed by atoms with E-state index in [9.17, 15) is 13.2 Å². The monoisotopic (exact) mass is 412 g/mol. The Labute approximate surface area is 168 Å². The molecule has 0 aromatic heterocycles. The molecule has 0 bridgehead atoms. The number of benzene rings is 1. The Morgan fingerprint density at radius 2 is 1.93 bits per heavy atom. The molecular weight excluding hydrogens is 380 g/mol. The highest BCUT2D eigenvalue weighted by Crippen LogP contribution is 2.27. The van der Waals surface area contributed by atoms with Gasteiger partial charge in [-0.1, -0.05) is 26.0 Å². The zero-order valence-corrected chi connectivity index (χ0v) is 18.2. The van der Waals surface area contributed by atoms with E-state index in [1.807, 2.05) is 39.0 Å². The van der Waals surface area contributed by atoms with Gasteiger partial charge in [0.2, 0.25) is 10.0 Å². The second-order valence-corrected chi connectivity index (χ2v) is 9.81. The fourth-order valence-electron chi connectivity index (χ4n) is 3.24. The smallest absolute Gasteiger partial charge is 0.257 e. The first-order chi connectivity index (χ1) is 13.1. The fraction of sp³-hybridized carbons (Fsp3) is 0.650. The Morgan fingerprint density at radius 3 is 2.54 bits per heavy atom. The molecule has 1 fully saturated rings. The van der Waals surface area contributed by atoms with Crippen LogP contribution in [0.4, 0.5) is 0 Å². The van der Waals surface area contributed by atoms with Gasteiger partial charge < -0.3 is 14.8 Å². The van der Waals surface area contributed by atoms with Crippen molar-refractivity contribution < 1.29 is 22.7 Å². The summed E-state index contributed by atoms with van der Waals surface area (Å²) >= 11 is 0. The highest BCUT2D eigenvalue weighted by Gasteiger charge is 2.30. The van der Waals surface area contributed by atoms with Gasteiger partial charge in [0.25, 0.3) is 5.91 Å². The molecule has 2 rings (SSSR count). The number of hydrogen-bond donors (Lipinski definition) is 1. The van der Waals surface area contributed by atoms with Gasteiger partial charge in [-0.3, -0.25) is 4.79 Å². The van der Waals surface area contributed by atoms with Crippen LogP contribution in [0.25, 0.3) is 0 Å². The van der Waals surface area contributed by atoms with Gasteiger partial charge in [-0.15, -0.1) is 0 Å². The van der Waals surface area contributed by atoms with Crippen LogP contribution in [0.5, 0.6) is 5.75 Å². The van der Waals surface area contributed by atoms with Crippen molar-refractivity contribution in [3.05, 3.63) is 29.3 Å². The number of sulfonamides is 1. The van der Waals surface area contributed by atoms with E-state index in [1.165, 1.54) is 4.31 Å². The van der Waals surface area contributed by atoms with Crippen LogP contribution in [0.2, 0.25) is 0 Å². The molecule has 8 heteroatoms. The molecule has 0 saturated carbocycles. The summed E-state index contributed by atoms with van der Waals surface area (Å²) < 4.78 is 37.7. The number of amides is 1. The lowest BCUT2D eigenvalue weighted by molar-refractivity contribution is -0.122. The lowest BCUT2D eigenvalue weighted by Gasteiger charge is -2.34. The van der Waals surface area contributed by atoms with Gasteiger partial charge in [-0.2, -0.15) is 4.31 Å². The maximum atomic E-state index is 12.5. The van der Waals surface area contributed by atoms with Crippen molar-refractivity contribution in [3.8, 4) is 5.75 Å². The zero-order valence-electron chi connectivity index (χ0n) is 17.4. The minimum atomic E-state index is -3.44. The Balaban J connectivity index is 1.82. The average Bonchev–Trinajstić information content (AvgIpc) is 2.58. The number of nitrogens with zero attached hydrogens (tertiary/aromatic N) is 1. The molecule has 0 spiro atoms. The lowest BCUT2D eigenvalue weighted by Crippen LogP contribution is -2.49. The molecule has 0 aliphatic carbocycles. The summed E-state index contributed by atoms with van der Waals surface area (Å²) in [6.07, 6.45) is -0.267. The van der Waals surface area contributed by atoms with Gasteiger partial charge in [0.05, 0.1) is 18.0 Å². The third-order valence-electron chi connectivity index (χ3n) is 4.61. The molecule has 7 nitrogen and oxygen atoms in total. The van der Waals surface area contributed by atoms with Crippen LogP contribution in [0.1, 0.15) is 44.7 Å². The van der Waals surface area contributed by atoms with Crippen LogP contribution >= 0.6 is 0 Å². The number of rotatable bonds is 8. The number of hydrogen-bond acceptors (Lipinski definition) is 5. The molecule has 1 aromatic rings. The molecule has 28 heavy (non-hydrogen) atoms. The molecule has 158 valence electrons. The maximum Gasteiger partial charge on any atom is 0.257 e. The van der Waals surface area contributed by atoms with Crippen molar-refractivity contribution in [1.29, 1.82) is 0 Å². The van der Waals surface area contributed by atoms with Crippen LogP contribution in [0.15, 0.2) is 18.2 Å². The Hall–Kier alpha value is -1.64. The van der Waals surface area contributed by atoms with Crippen LogP contribution in [0, 0.1) is 6.92 Å². The van der Waals surface area contributed by atoms with E-state index in [0.29, 0.717) is 18.8 Å². The van der Waals surface area contributed by atoms with E-state index in [4.69, 9.17) is 9.47 Å². The molecule has 1 aromatic carbocycles. The van der Waals surface area contributed by atoms with Crippen molar-refractivity contribution in [2.24, 2.45) is 0 Å². The van der Waals surface area contributed by atoms with Gasteiger partial charge >= 0.3 is 0 Å². The first-order valence-corrected chi connectivity index (χ1v) is 11.3. The predicted octanol–water partition coefficient (Wildman–Crippen LogP) is 2.05. The topological polar surface area (TPSA) is 84.9 Å². The van der Waals surface area contributed by atoms with Gasteiger partial charge in [-0.25, -0.2) is 8.42 Å². The summed E-state index contributed by atoms with van der Waals surface area (Å²) in [4.78, 5) is 12.1. The molecule has 2 atom stereocenters. The summed E-state index contributed by atoms with van der Waals surface area (Å²) in [6, 6.07) is 5.93. The van der Waals surface area contributed by atoms with Crippen LogP contribution in [0.3, 0.4) is 0 Å². The summed E-state index contributed by atoms with van der Waals surface area (Å²) in [5, 5.41) is 2.63. The van der Waals surface area contributed by atoms with Crippen molar-refractivity contribution in [2.45, 2.75) is 52.7 Å². The van der Waals surface area contributed by atoms with Crippen molar-refractivity contribution >= 4 is 15.9 Å². The van der Waals surface area contributed by atoms with Gasteiger partial charge in [0.15, 0.2) is 6.61 Å². The molecule has 2 unspecified atom stereocenters. The van der Waals surface area contributed by atoms with Crippen molar-refractivity contribution in [3.63, 3.8) is 0 Å². The normalized spacial score (nSPS) is 20.9. The van der Waals surface area contributed by atoms with Crippen LogP contribution in [-0.4, -0.2) is 62.8 Å². The van der Waals surface area contributed by atoms with Crippen LogP contribution < -0.4 is 10.1 Å². The van der Waals surface area contributed by atoms with Crippen molar-refractivity contribution in [2.75, 3.05) is 32.0 Å². The van der Waals surface area contributed by atoms with E-state index >= 15 is 0 Å². The highest BCUT2D eigenvalue weighted by atomic mass is 32.2. The molecular formula is C20H32N2O5S. The van der Waals surface area contributed by atoms with Gasteiger partial charge in [0, 0.05) is 19.6 Å². The van der Waals surface area contributed by atoms with Crippen LogP contribution in [-0.2, 0) is 19.6 Å². The number of nitrogens with one attached hydrogen (secondary N) is 1. The minimum absolute atomic E-state index is 0.0511. The second-order valence-electron chi connectivity index (χ2n) is 7.72. The first-order valence-electron chi connectivity index (χ1n) is 9.72. The zero-order chi connectivity index (χ0) is 20.9. The molecule has 1 N–H and O–H groups in total. The minimum Gasteiger partial charge on any atom is -0.483 e. The van der Waals surface area contributed by atoms with Gasteiger partial charge in [-0.05, 0) is 43.9 Å². The summed E-state index contributed by atoms with van der Waals surface area (Å²) in [5.41, 5.74) is 2.09. The third kappa shape index (κ3) is 6.46. The first kappa shape index (κ1) is 22.6. The summed E-state index contributed by atoms with van der Waals surface area (Å²) in [5.74, 6) is 0.492. The number of carbonyl (C=O) groups excluding carboxylic acids is 1. The molecule has 0 radical (unpaired) electrons. The van der Waals surface area contributed by atoms with E-state index in [-0.39, 0.29) is 42.9 Å².